The molecule has 4 rings (SSSR count). The number of pyridine rings is 2. The molecular formula is C28H35N3O4S. The maximum Gasteiger partial charge on any atom is 0.303 e. The number of carboxylic acid groups (broad SMARTS) is 1. The van der Waals surface area contributed by atoms with Crippen LogP contribution in [0.2, 0.25) is 0 Å². The van der Waals surface area contributed by atoms with Gasteiger partial charge in [-0.15, -0.1) is 11.8 Å². The van der Waals surface area contributed by atoms with Gasteiger partial charge >= 0.3 is 5.97 Å². The molecule has 0 bridgehead atoms. The van der Waals surface area contributed by atoms with Gasteiger partial charge in [-0.1, -0.05) is 0 Å². The van der Waals surface area contributed by atoms with Crippen molar-refractivity contribution in [2.24, 2.45) is 11.8 Å². The van der Waals surface area contributed by atoms with Crippen molar-refractivity contribution in [3.63, 3.8) is 0 Å². The summed E-state index contributed by atoms with van der Waals surface area (Å²) < 4.78 is 5.37. The molecule has 3 heterocycles. The van der Waals surface area contributed by atoms with Crippen molar-refractivity contribution in [3.05, 3.63) is 60.6 Å². The van der Waals surface area contributed by atoms with Crippen LogP contribution in [-0.4, -0.2) is 63.5 Å². The second-order valence-electron chi connectivity index (χ2n) is 9.46. The summed E-state index contributed by atoms with van der Waals surface area (Å²) in [6, 6.07) is 11.6. The van der Waals surface area contributed by atoms with Gasteiger partial charge in [0.05, 0.1) is 18.7 Å². The first kappa shape index (κ1) is 26.4. The molecule has 7 nitrogen and oxygen atoms in total. The van der Waals surface area contributed by atoms with Crippen LogP contribution >= 0.6 is 11.8 Å². The summed E-state index contributed by atoms with van der Waals surface area (Å²) in [5, 5.41) is 21.3. The summed E-state index contributed by atoms with van der Waals surface area (Å²) in [6.07, 6.45) is 8.22. The van der Waals surface area contributed by atoms with E-state index in [2.05, 4.69) is 20.9 Å². The van der Waals surface area contributed by atoms with Crippen LogP contribution in [0.4, 0.5) is 0 Å². The van der Waals surface area contributed by atoms with Crippen molar-refractivity contribution in [2.45, 2.75) is 43.1 Å². The predicted octanol–water partition coefficient (Wildman–Crippen LogP) is 5.05. The monoisotopic (exact) mass is 509 g/mol. The summed E-state index contributed by atoms with van der Waals surface area (Å²) in [5.74, 6) is 1.71. The lowest BCUT2D eigenvalue weighted by Gasteiger charge is -2.39. The maximum atomic E-state index is 11.3. The lowest BCUT2D eigenvalue weighted by Crippen LogP contribution is -2.41. The zero-order valence-electron chi connectivity index (χ0n) is 20.8. The van der Waals surface area contributed by atoms with E-state index in [9.17, 15) is 15.0 Å². The number of aliphatic hydroxyl groups excluding tert-OH is 1. The number of ether oxygens (including phenoxy) is 1. The van der Waals surface area contributed by atoms with E-state index in [1.54, 1.807) is 31.3 Å². The fourth-order valence-corrected chi connectivity index (χ4v) is 6.09. The van der Waals surface area contributed by atoms with Crippen LogP contribution in [0.25, 0.3) is 10.9 Å². The fraction of sp³-hybridized carbons (Fsp3) is 0.464. The molecule has 1 aliphatic heterocycles. The number of aliphatic hydroxyl groups is 1. The summed E-state index contributed by atoms with van der Waals surface area (Å²) in [4.78, 5) is 23.5. The minimum Gasteiger partial charge on any atom is -0.497 e. The van der Waals surface area contributed by atoms with Crippen LogP contribution < -0.4 is 4.74 Å². The van der Waals surface area contributed by atoms with Gasteiger partial charge in [0.25, 0.3) is 0 Å². The van der Waals surface area contributed by atoms with Crippen LogP contribution in [0.1, 0.15) is 43.8 Å². The van der Waals surface area contributed by atoms with Crippen molar-refractivity contribution in [1.82, 2.24) is 14.9 Å². The van der Waals surface area contributed by atoms with Crippen LogP contribution in [-0.2, 0) is 4.79 Å². The Labute approximate surface area is 216 Å². The van der Waals surface area contributed by atoms with Gasteiger partial charge in [0.15, 0.2) is 0 Å². The number of thioether (sulfide) groups is 1. The van der Waals surface area contributed by atoms with E-state index in [1.807, 2.05) is 36.5 Å². The number of carboxylic acids is 1. The van der Waals surface area contributed by atoms with E-state index < -0.39 is 12.1 Å². The SMILES string of the molecule is COc1ccc2nccc([C@H](O)CC[C@@H]3CCN(CCSc4cccnc4)C[C@H]3CCC(=O)O)c2c1. The normalized spacial score (nSPS) is 19.3. The van der Waals surface area contributed by atoms with Gasteiger partial charge in [0.2, 0.25) is 0 Å². The van der Waals surface area contributed by atoms with E-state index in [4.69, 9.17) is 4.74 Å². The number of carbonyl (C=O) groups is 1. The third kappa shape index (κ3) is 7.18. The Bertz CT molecular complexity index is 1130. The first-order valence-corrected chi connectivity index (χ1v) is 13.6. The number of aliphatic carboxylic acids is 1. The molecule has 2 aromatic heterocycles. The molecule has 0 unspecified atom stereocenters. The number of rotatable bonds is 12. The van der Waals surface area contributed by atoms with Crippen LogP contribution in [0.5, 0.6) is 5.75 Å². The molecule has 8 heteroatoms. The zero-order valence-corrected chi connectivity index (χ0v) is 21.6. The molecule has 192 valence electrons. The second-order valence-corrected chi connectivity index (χ2v) is 10.6. The highest BCUT2D eigenvalue weighted by molar-refractivity contribution is 7.99. The van der Waals surface area contributed by atoms with Crippen molar-refractivity contribution < 1.29 is 19.7 Å². The number of fused-ring (bicyclic) bond motifs is 1. The molecule has 0 saturated carbocycles. The van der Waals surface area contributed by atoms with Gasteiger partial charge in [0, 0.05) is 54.1 Å². The van der Waals surface area contributed by atoms with E-state index >= 15 is 0 Å². The van der Waals surface area contributed by atoms with Crippen molar-refractivity contribution in [2.75, 3.05) is 32.5 Å². The summed E-state index contributed by atoms with van der Waals surface area (Å²) in [5.41, 5.74) is 1.70. The Balaban J connectivity index is 1.35. The largest absolute Gasteiger partial charge is 0.497 e. The highest BCUT2D eigenvalue weighted by atomic mass is 32.2. The third-order valence-corrected chi connectivity index (χ3v) is 8.13. The van der Waals surface area contributed by atoms with E-state index in [1.165, 1.54) is 4.90 Å². The quantitative estimate of drug-likeness (QED) is 0.328. The molecule has 36 heavy (non-hydrogen) atoms. The number of methoxy groups -OCH3 is 1. The minimum atomic E-state index is -0.741. The first-order chi connectivity index (χ1) is 17.5. The molecule has 0 radical (unpaired) electrons. The van der Waals surface area contributed by atoms with E-state index in [-0.39, 0.29) is 6.42 Å². The topological polar surface area (TPSA) is 95.8 Å². The van der Waals surface area contributed by atoms with Crippen LogP contribution in [0.3, 0.4) is 0 Å². The molecule has 0 spiro atoms. The molecule has 1 aromatic carbocycles. The number of aromatic nitrogens is 2. The molecule has 0 aliphatic carbocycles. The molecule has 0 amide bonds. The third-order valence-electron chi connectivity index (χ3n) is 7.17. The van der Waals surface area contributed by atoms with E-state index in [0.29, 0.717) is 24.7 Å². The van der Waals surface area contributed by atoms with Crippen molar-refractivity contribution >= 4 is 28.6 Å². The van der Waals surface area contributed by atoms with Gasteiger partial charge in [-0.05, 0) is 86.0 Å². The van der Waals surface area contributed by atoms with Gasteiger partial charge in [-0.3, -0.25) is 14.8 Å². The van der Waals surface area contributed by atoms with Gasteiger partial charge < -0.3 is 19.8 Å². The van der Waals surface area contributed by atoms with E-state index in [0.717, 1.165) is 60.4 Å². The molecule has 1 saturated heterocycles. The average Bonchev–Trinajstić information content (AvgIpc) is 2.91. The second kappa shape index (κ2) is 13.0. The van der Waals surface area contributed by atoms with Crippen molar-refractivity contribution in [3.8, 4) is 5.75 Å². The number of hydrogen-bond donors (Lipinski definition) is 2. The number of piperidine rings is 1. The standard InChI is InChI=1S/C28H35N3O4S/c1-35-22-6-7-26-25(17-22)24(10-13-30-26)27(32)8-4-20-11-14-31(19-21(20)5-9-28(33)34)15-16-36-23-3-2-12-29-18-23/h2-3,6-7,10,12-13,17-18,20-21,27,32H,4-5,8-9,11,14-16,19H2,1H3,(H,33,34)/t20-,21-,27-/m1/s1. The maximum absolute atomic E-state index is 11.3. The number of likely N-dealkylation sites (tertiary alicyclic amines) is 1. The number of nitrogens with zero attached hydrogens (tertiary/aromatic N) is 3. The molecule has 1 fully saturated rings. The van der Waals surface area contributed by atoms with Crippen LogP contribution in [0.15, 0.2) is 59.9 Å². The lowest BCUT2D eigenvalue weighted by molar-refractivity contribution is -0.137. The zero-order chi connectivity index (χ0) is 25.3. The lowest BCUT2D eigenvalue weighted by atomic mass is 9.79. The van der Waals surface area contributed by atoms with Gasteiger partial charge in [-0.25, -0.2) is 0 Å². The summed E-state index contributed by atoms with van der Waals surface area (Å²) >= 11 is 1.80. The Morgan fingerprint density at radius 1 is 1.22 bits per heavy atom. The highest BCUT2D eigenvalue weighted by Gasteiger charge is 2.30. The molecular weight excluding hydrogens is 474 g/mol. The highest BCUT2D eigenvalue weighted by Crippen LogP contribution is 2.35. The smallest absolute Gasteiger partial charge is 0.303 e. The van der Waals surface area contributed by atoms with Crippen LogP contribution in [0, 0.1) is 11.8 Å². The Kier molecular flexibility index (Phi) is 9.55. The number of hydrogen-bond acceptors (Lipinski definition) is 7. The molecule has 1 aliphatic rings. The Morgan fingerprint density at radius 2 is 2.11 bits per heavy atom. The number of benzene rings is 1. The minimum absolute atomic E-state index is 0.191. The first-order valence-electron chi connectivity index (χ1n) is 12.6. The summed E-state index contributed by atoms with van der Waals surface area (Å²) in [6.45, 7) is 2.90. The van der Waals surface area contributed by atoms with Gasteiger partial charge in [0.1, 0.15) is 5.75 Å². The predicted molar refractivity (Wildman–Crippen MR) is 142 cm³/mol. The van der Waals surface area contributed by atoms with Gasteiger partial charge in [-0.2, -0.15) is 0 Å². The molecule has 3 aromatic rings. The molecule has 3 atom stereocenters. The average molecular weight is 510 g/mol. The fourth-order valence-electron chi connectivity index (χ4n) is 5.19. The summed E-state index contributed by atoms with van der Waals surface area (Å²) in [7, 11) is 1.63. The Morgan fingerprint density at radius 3 is 2.89 bits per heavy atom. The Hall–Kier alpha value is -2.68. The molecule has 2 N–H and O–H groups in total. The van der Waals surface area contributed by atoms with Crippen molar-refractivity contribution in [1.29, 1.82) is 0 Å².